The van der Waals surface area contributed by atoms with E-state index in [1.54, 1.807) is 63.7 Å². The van der Waals surface area contributed by atoms with Gasteiger partial charge in [-0.2, -0.15) is 0 Å². The molecule has 18 heteroatoms. The molecule has 8 atom stereocenters. The molecule has 0 bridgehead atoms. The van der Waals surface area contributed by atoms with Gasteiger partial charge in [0.2, 0.25) is 23.6 Å². The number of aromatic amines is 2. The van der Waals surface area contributed by atoms with Crippen LogP contribution >= 0.6 is 0 Å². The standard InChI is InChI=1S/C46H60F2N8O8/c1-9-37(53-43(59)23(3)49-7)45(61)55-21-31(63-25(5)57)17-29(55)19-35-33-13-11-27(47)15-39(33)51-41(35)42-36(34-14-12-28(48)16-40(34)52-42)20-30-18-32(64-26(6)58)22-56(30)46(62)38(10-2)54-44(60)24(4)50-8/h11-16,23-24,29-32,37-38,49-52H,9-10,17-22H2,1-8H3,(H,53,59)(H,54,60)/t23-,24-,29-,30-,31-,32-,37-,38-/m0/s1. The minimum atomic E-state index is -0.867. The first kappa shape index (κ1) is 47.6. The van der Waals surface area contributed by atoms with Gasteiger partial charge in [-0.15, -0.1) is 0 Å². The first-order chi connectivity index (χ1) is 30.5. The summed E-state index contributed by atoms with van der Waals surface area (Å²) in [7, 11) is 3.29. The van der Waals surface area contributed by atoms with Gasteiger partial charge in [0.25, 0.3) is 0 Å². The normalized spacial score (nSPS) is 20.5. The lowest BCUT2D eigenvalue weighted by Gasteiger charge is -2.30. The number of carbonyl (C=O) groups is 6. The zero-order valence-electron chi connectivity index (χ0n) is 37.7. The van der Waals surface area contributed by atoms with E-state index in [1.165, 1.54) is 38.1 Å². The Balaban J connectivity index is 1.44. The van der Waals surface area contributed by atoms with Crippen LogP contribution in [0.5, 0.6) is 0 Å². The summed E-state index contributed by atoms with van der Waals surface area (Å²) in [5.41, 5.74) is 3.37. The maximum Gasteiger partial charge on any atom is 0.302 e. The molecule has 2 aromatic carbocycles. The maximum absolute atomic E-state index is 15.0. The van der Waals surface area contributed by atoms with Gasteiger partial charge >= 0.3 is 11.9 Å². The number of nitrogens with zero attached hydrogens (tertiary/aromatic N) is 2. The fraction of sp³-hybridized carbons (Fsp3) is 0.522. The minimum Gasteiger partial charge on any atom is -0.461 e. The molecular formula is C46H60F2N8O8. The summed E-state index contributed by atoms with van der Waals surface area (Å²) in [6.45, 7) is 9.74. The predicted octanol–water partition coefficient (Wildman–Crippen LogP) is 3.75. The second kappa shape index (κ2) is 20.3. The molecule has 2 fully saturated rings. The lowest BCUT2D eigenvalue weighted by Crippen LogP contribution is -2.53. The molecule has 2 aliphatic rings. The quantitative estimate of drug-likeness (QED) is 0.0847. The third kappa shape index (κ3) is 10.4. The molecule has 0 saturated carbocycles. The monoisotopic (exact) mass is 890 g/mol. The molecule has 6 rings (SSSR count). The fourth-order valence-corrected chi connectivity index (χ4v) is 9.02. The molecule has 0 unspecified atom stereocenters. The molecule has 4 amide bonds. The summed E-state index contributed by atoms with van der Waals surface area (Å²) < 4.78 is 41.3. The lowest BCUT2D eigenvalue weighted by molar-refractivity contribution is -0.147. The van der Waals surface area contributed by atoms with Crippen LogP contribution in [0.1, 0.15) is 78.4 Å². The Morgan fingerprint density at radius 2 is 1.05 bits per heavy atom. The molecule has 2 aromatic heterocycles. The number of halogens is 2. The molecule has 6 N–H and O–H groups in total. The van der Waals surface area contributed by atoms with Crippen LogP contribution in [-0.2, 0) is 51.1 Å². The van der Waals surface area contributed by atoms with Gasteiger partial charge in [-0.1, -0.05) is 13.8 Å². The van der Waals surface area contributed by atoms with Crippen molar-refractivity contribution < 1.29 is 47.0 Å². The molecule has 2 aliphatic heterocycles. The van der Waals surface area contributed by atoms with Crippen molar-refractivity contribution in [3.63, 3.8) is 0 Å². The Bertz CT molecular complexity index is 2240. The molecule has 0 spiro atoms. The number of ether oxygens (including phenoxy) is 2. The van der Waals surface area contributed by atoms with E-state index >= 15 is 0 Å². The van der Waals surface area contributed by atoms with Gasteiger partial charge in [0.15, 0.2) is 0 Å². The summed E-state index contributed by atoms with van der Waals surface area (Å²) in [5.74, 6) is -3.38. The third-order valence-corrected chi connectivity index (χ3v) is 12.5. The van der Waals surface area contributed by atoms with E-state index in [1.807, 2.05) is 0 Å². The number of likely N-dealkylation sites (tertiary alicyclic amines) is 2. The van der Waals surface area contributed by atoms with Gasteiger partial charge < -0.3 is 50.5 Å². The maximum atomic E-state index is 15.0. The van der Waals surface area contributed by atoms with E-state index in [-0.39, 0.29) is 62.4 Å². The van der Waals surface area contributed by atoms with Gasteiger partial charge in [-0.3, -0.25) is 28.8 Å². The summed E-state index contributed by atoms with van der Waals surface area (Å²) in [6.07, 6.45) is 0.292. The first-order valence-corrected chi connectivity index (χ1v) is 22.0. The number of likely N-dealkylation sites (N-methyl/N-ethyl adjacent to an activating group) is 2. The number of benzene rings is 2. The highest BCUT2D eigenvalue weighted by Crippen LogP contribution is 2.40. The lowest BCUT2D eigenvalue weighted by atomic mass is 9.94. The molecular weight excluding hydrogens is 831 g/mol. The molecule has 64 heavy (non-hydrogen) atoms. The highest BCUT2D eigenvalue weighted by molar-refractivity contribution is 5.97. The largest absolute Gasteiger partial charge is 0.461 e. The molecule has 0 radical (unpaired) electrons. The Kier molecular flexibility index (Phi) is 15.1. The number of hydrogen-bond donors (Lipinski definition) is 6. The van der Waals surface area contributed by atoms with Crippen molar-refractivity contribution in [1.82, 2.24) is 41.0 Å². The highest BCUT2D eigenvalue weighted by Gasteiger charge is 2.43. The minimum absolute atomic E-state index is 0.0857. The van der Waals surface area contributed by atoms with E-state index in [0.29, 0.717) is 57.2 Å². The van der Waals surface area contributed by atoms with Crippen LogP contribution in [0.3, 0.4) is 0 Å². The van der Waals surface area contributed by atoms with Crippen LogP contribution in [0.2, 0.25) is 0 Å². The second-order valence-corrected chi connectivity index (χ2v) is 16.9. The van der Waals surface area contributed by atoms with E-state index in [2.05, 4.69) is 31.2 Å². The molecule has 4 heterocycles. The van der Waals surface area contributed by atoms with Crippen LogP contribution < -0.4 is 21.3 Å². The summed E-state index contributed by atoms with van der Waals surface area (Å²) >= 11 is 0. The zero-order valence-corrected chi connectivity index (χ0v) is 37.7. The van der Waals surface area contributed by atoms with E-state index in [9.17, 15) is 37.5 Å². The van der Waals surface area contributed by atoms with E-state index in [4.69, 9.17) is 9.47 Å². The fourth-order valence-electron chi connectivity index (χ4n) is 9.02. The number of hydrogen-bond acceptors (Lipinski definition) is 10. The van der Waals surface area contributed by atoms with Crippen LogP contribution in [-0.4, -0.2) is 131 Å². The average Bonchev–Trinajstić information content (AvgIpc) is 4.03. The van der Waals surface area contributed by atoms with Crippen molar-refractivity contribution >= 4 is 57.4 Å². The zero-order chi connectivity index (χ0) is 46.6. The summed E-state index contributed by atoms with van der Waals surface area (Å²) in [6, 6.07) is 4.78. The third-order valence-electron chi connectivity index (χ3n) is 12.5. The topological polar surface area (TPSA) is 207 Å². The number of fused-ring (bicyclic) bond motifs is 2. The second-order valence-electron chi connectivity index (χ2n) is 16.9. The van der Waals surface area contributed by atoms with Gasteiger partial charge in [-0.05, 0) is 101 Å². The van der Waals surface area contributed by atoms with Crippen molar-refractivity contribution in [2.45, 2.75) is 129 Å². The van der Waals surface area contributed by atoms with Crippen molar-refractivity contribution in [2.24, 2.45) is 0 Å². The van der Waals surface area contributed by atoms with Crippen LogP contribution in [0.15, 0.2) is 36.4 Å². The number of amides is 4. The molecule has 16 nitrogen and oxygen atoms in total. The number of H-pyrrole nitrogens is 2. The van der Waals surface area contributed by atoms with Gasteiger partial charge in [-0.25, -0.2) is 8.78 Å². The Hall–Kier alpha value is -5.88. The van der Waals surface area contributed by atoms with Crippen molar-refractivity contribution in [2.75, 3.05) is 27.2 Å². The summed E-state index contributed by atoms with van der Waals surface area (Å²) in [4.78, 5) is 89.2. The van der Waals surface area contributed by atoms with Crippen LogP contribution in [0.4, 0.5) is 8.78 Å². The van der Waals surface area contributed by atoms with Crippen molar-refractivity contribution in [3.05, 3.63) is 59.2 Å². The van der Waals surface area contributed by atoms with Gasteiger partial charge in [0.1, 0.15) is 35.9 Å². The number of aromatic nitrogens is 2. The highest BCUT2D eigenvalue weighted by atomic mass is 19.1. The SMILES string of the molecule is CC[C@H](NC(=O)[C@H](C)NC)C(=O)N1C[C@@H](OC(C)=O)C[C@H]1Cc1c(-c2[nH]c3cc(F)ccc3c2C[C@@H]2C[C@H](OC(C)=O)CN2C(=O)[C@H](CC)NC(=O)[C@H](C)NC)[nH]c2cc(F)ccc12. The van der Waals surface area contributed by atoms with E-state index < -0.39 is 72.0 Å². The number of rotatable bonds is 17. The molecule has 2 saturated heterocycles. The molecule has 0 aliphatic carbocycles. The van der Waals surface area contributed by atoms with Gasteiger partial charge in [0.05, 0.1) is 36.6 Å². The number of esters is 2. The van der Waals surface area contributed by atoms with Crippen molar-refractivity contribution in [3.8, 4) is 11.4 Å². The average molecular weight is 891 g/mol. The summed E-state index contributed by atoms with van der Waals surface area (Å²) in [5, 5.41) is 12.8. The van der Waals surface area contributed by atoms with Crippen molar-refractivity contribution in [1.29, 1.82) is 0 Å². The van der Waals surface area contributed by atoms with Crippen LogP contribution in [0, 0.1) is 11.6 Å². The Labute approximate surface area is 370 Å². The number of carbonyl (C=O) groups excluding carboxylic acids is 6. The van der Waals surface area contributed by atoms with E-state index in [0.717, 1.165) is 0 Å². The smallest absolute Gasteiger partial charge is 0.302 e. The van der Waals surface area contributed by atoms with Crippen LogP contribution in [0.25, 0.3) is 33.2 Å². The van der Waals surface area contributed by atoms with Gasteiger partial charge in [0, 0.05) is 60.6 Å². The number of nitrogens with one attached hydrogen (secondary N) is 6. The predicted molar refractivity (Wildman–Crippen MR) is 236 cm³/mol. The molecule has 4 aromatic rings. The Morgan fingerprint density at radius 3 is 1.38 bits per heavy atom. The Morgan fingerprint density at radius 1 is 0.672 bits per heavy atom. The first-order valence-electron chi connectivity index (χ1n) is 22.0. The molecule has 346 valence electrons.